The lowest BCUT2D eigenvalue weighted by Gasteiger charge is -2.34. The number of hydrogen-bond donors (Lipinski definition) is 1. The lowest BCUT2D eigenvalue weighted by Crippen LogP contribution is -2.44. The Morgan fingerprint density at radius 1 is 1.29 bits per heavy atom. The molecule has 1 saturated carbocycles. The lowest BCUT2D eigenvalue weighted by atomic mass is 9.92. The molecule has 0 bridgehead atoms. The van der Waals surface area contributed by atoms with Crippen molar-refractivity contribution in [1.82, 2.24) is 4.31 Å². The summed E-state index contributed by atoms with van der Waals surface area (Å²) < 4.78 is 32.4. The number of ether oxygens (including phenoxy) is 1. The molecule has 5 nitrogen and oxygen atoms in total. The summed E-state index contributed by atoms with van der Waals surface area (Å²) in [7, 11) is -1.95. The minimum Gasteiger partial charge on any atom is -0.497 e. The molecule has 118 valence electrons. The second-order valence-electron chi connectivity index (χ2n) is 5.46. The summed E-state index contributed by atoms with van der Waals surface area (Å²) >= 11 is 0. The number of rotatable bonds is 5. The number of nitrogens with zero attached hydrogens (tertiary/aromatic N) is 1. The van der Waals surface area contributed by atoms with Gasteiger partial charge in [0.05, 0.1) is 12.0 Å². The van der Waals surface area contributed by atoms with Crippen LogP contribution in [0.4, 0.5) is 0 Å². The molecule has 0 aliphatic heterocycles. The predicted molar refractivity (Wildman–Crippen MR) is 82.8 cm³/mol. The highest BCUT2D eigenvalue weighted by Gasteiger charge is 2.32. The van der Waals surface area contributed by atoms with Crippen molar-refractivity contribution in [1.29, 1.82) is 0 Å². The zero-order chi connectivity index (χ0) is 15.5. The summed E-state index contributed by atoms with van der Waals surface area (Å²) in [5.41, 5.74) is 5.91. The van der Waals surface area contributed by atoms with Crippen LogP contribution in [-0.4, -0.2) is 38.5 Å². The van der Waals surface area contributed by atoms with Crippen LogP contribution in [0.25, 0.3) is 0 Å². The van der Waals surface area contributed by atoms with Crippen LogP contribution in [0.2, 0.25) is 0 Å². The van der Waals surface area contributed by atoms with Crippen molar-refractivity contribution in [2.75, 3.05) is 13.7 Å². The largest absolute Gasteiger partial charge is 0.497 e. The molecule has 2 rings (SSSR count). The van der Waals surface area contributed by atoms with Crippen molar-refractivity contribution < 1.29 is 13.2 Å². The molecule has 0 unspecified atom stereocenters. The van der Waals surface area contributed by atoms with Crippen molar-refractivity contribution in [3.05, 3.63) is 24.3 Å². The second-order valence-corrected chi connectivity index (χ2v) is 7.35. The minimum atomic E-state index is -3.49. The molecule has 1 aliphatic carbocycles. The SMILES string of the molecule is CCN(C1CCC(N)CC1)S(=O)(=O)c1cccc(OC)c1. The maximum atomic E-state index is 12.9. The van der Waals surface area contributed by atoms with Gasteiger partial charge in [-0.1, -0.05) is 13.0 Å². The van der Waals surface area contributed by atoms with Gasteiger partial charge in [0.25, 0.3) is 0 Å². The number of benzene rings is 1. The highest BCUT2D eigenvalue weighted by atomic mass is 32.2. The number of sulfonamides is 1. The fraction of sp³-hybridized carbons (Fsp3) is 0.600. The van der Waals surface area contributed by atoms with Gasteiger partial charge in [0.1, 0.15) is 5.75 Å². The molecule has 0 saturated heterocycles. The third kappa shape index (κ3) is 3.56. The summed E-state index contributed by atoms with van der Waals surface area (Å²) in [6.45, 7) is 2.35. The molecule has 1 aromatic carbocycles. The van der Waals surface area contributed by atoms with E-state index in [1.165, 1.54) is 7.11 Å². The molecular formula is C15H24N2O3S. The zero-order valence-corrected chi connectivity index (χ0v) is 13.5. The molecule has 0 radical (unpaired) electrons. The van der Waals surface area contributed by atoms with Crippen molar-refractivity contribution in [2.24, 2.45) is 5.73 Å². The average Bonchev–Trinajstić information content (AvgIpc) is 2.50. The van der Waals surface area contributed by atoms with Gasteiger partial charge in [0.2, 0.25) is 10.0 Å². The van der Waals surface area contributed by atoms with E-state index in [4.69, 9.17) is 10.5 Å². The fourth-order valence-corrected chi connectivity index (χ4v) is 4.64. The van der Waals surface area contributed by atoms with Gasteiger partial charge >= 0.3 is 0 Å². The molecule has 1 aromatic rings. The van der Waals surface area contributed by atoms with E-state index in [9.17, 15) is 8.42 Å². The topological polar surface area (TPSA) is 72.6 Å². The van der Waals surface area contributed by atoms with E-state index in [1.807, 2.05) is 6.92 Å². The van der Waals surface area contributed by atoms with Gasteiger partial charge in [0, 0.05) is 24.7 Å². The first kappa shape index (κ1) is 16.3. The molecule has 2 N–H and O–H groups in total. The van der Waals surface area contributed by atoms with E-state index in [1.54, 1.807) is 28.6 Å². The third-order valence-corrected chi connectivity index (χ3v) is 6.13. The summed E-state index contributed by atoms with van der Waals surface area (Å²) in [5, 5.41) is 0. The Bertz CT molecular complexity index is 566. The summed E-state index contributed by atoms with van der Waals surface area (Å²) in [5.74, 6) is 0.554. The lowest BCUT2D eigenvalue weighted by molar-refractivity contribution is 0.247. The molecule has 1 aliphatic rings. The highest BCUT2D eigenvalue weighted by molar-refractivity contribution is 7.89. The number of hydrogen-bond acceptors (Lipinski definition) is 4. The van der Waals surface area contributed by atoms with Crippen LogP contribution in [0.3, 0.4) is 0 Å². The minimum absolute atomic E-state index is 0.0472. The summed E-state index contributed by atoms with van der Waals surface area (Å²) in [6, 6.07) is 6.90. The molecule has 1 fully saturated rings. The van der Waals surface area contributed by atoms with Crippen LogP contribution in [-0.2, 0) is 10.0 Å². The Kier molecular flexibility index (Phi) is 5.24. The average molecular weight is 312 g/mol. The van der Waals surface area contributed by atoms with Crippen LogP contribution in [0.5, 0.6) is 5.75 Å². The molecule has 0 aromatic heterocycles. The zero-order valence-electron chi connectivity index (χ0n) is 12.7. The van der Waals surface area contributed by atoms with Gasteiger partial charge in [-0.25, -0.2) is 8.42 Å². The Hall–Kier alpha value is -1.11. The standard InChI is InChI=1S/C15H24N2O3S/c1-3-17(13-9-7-12(16)8-10-13)21(18,19)15-6-4-5-14(11-15)20-2/h4-6,11-13H,3,7-10,16H2,1-2H3. The van der Waals surface area contributed by atoms with Crippen molar-refractivity contribution in [3.63, 3.8) is 0 Å². The highest BCUT2D eigenvalue weighted by Crippen LogP contribution is 2.28. The van der Waals surface area contributed by atoms with E-state index < -0.39 is 10.0 Å². The van der Waals surface area contributed by atoms with E-state index in [0.717, 1.165) is 25.7 Å². The Morgan fingerprint density at radius 3 is 2.52 bits per heavy atom. The maximum Gasteiger partial charge on any atom is 0.243 e. The van der Waals surface area contributed by atoms with E-state index in [2.05, 4.69) is 0 Å². The maximum absolute atomic E-state index is 12.9. The van der Waals surface area contributed by atoms with Crippen molar-refractivity contribution in [2.45, 2.75) is 49.6 Å². The molecule has 21 heavy (non-hydrogen) atoms. The van der Waals surface area contributed by atoms with Gasteiger partial charge in [0.15, 0.2) is 0 Å². The second kappa shape index (κ2) is 6.77. The van der Waals surface area contributed by atoms with Gasteiger partial charge in [-0.2, -0.15) is 4.31 Å². The number of nitrogens with two attached hydrogens (primary N) is 1. The molecule has 0 atom stereocenters. The molecular weight excluding hydrogens is 288 g/mol. The quantitative estimate of drug-likeness (QED) is 0.902. The smallest absolute Gasteiger partial charge is 0.243 e. The summed E-state index contributed by atoms with van der Waals surface area (Å²) in [4.78, 5) is 0.290. The molecule has 0 heterocycles. The van der Waals surface area contributed by atoms with Crippen LogP contribution in [0.15, 0.2) is 29.2 Å². The van der Waals surface area contributed by atoms with Gasteiger partial charge in [-0.15, -0.1) is 0 Å². The van der Waals surface area contributed by atoms with Gasteiger partial charge in [-0.3, -0.25) is 0 Å². The van der Waals surface area contributed by atoms with E-state index in [0.29, 0.717) is 17.2 Å². The van der Waals surface area contributed by atoms with Gasteiger partial charge < -0.3 is 10.5 Å². The fourth-order valence-electron chi connectivity index (χ4n) is 2.91. The summed E-state index contributed by atoms with van der Waals surface area (Å²) in [6.07, 6.45) is 3.43. The van der Waals surface area contributed by atoms with Crippen LogP contribution >= 0.6 is 0 Å². The first-order valence-corrected chi connectivity index (χ1v) is 8.84. The Labute approximate surface area is 127 Å². The first-order valence-electron chi connectivity index (χ1n) is 7.40. The Balaban J connectivity index is 2.26. The first-order chi connectivity index (χ1) is 9.98. The van der Waals surface area contributed by atoms with Crippen molar-refractivity contribution in [3.8, 4) is 5.75 Å². The van der Waals surface area contributed by atoms with Crippen LogP contribution in [0.1, 0.15) is 32.6 Å². The Morgan fingerprint density at radius 2 is 1.95 bits per heavy atom. The number of methoxy groups -OCH3 is 1. The van der Waals surface area contributed by atoms with E-state index in [-0.39, 0.29) is 12.1 Å². The molecule has 0 spiro atoms. The normalized spacial score (nSPS) is 23.2. The predicted octanol–water partition coefficient (Wildman–Crippen LogP) is 1.98. The molecule has 0 amide bonds. The van der Waals surface area contributed by atoms with Crippen molar-refractivity contribution >= 4 is 10.0 Å². The van der Waals surface area contributed by atoms with Gasteiger partial charge in [-0.05, 0) is 37.8 Å². The van der Waals surface area contributed by atoms with Crippen LogP contribution in [0, 0.1) is 0 Å². The molecule has 6 heteroatoms. The van der Waals surface area contributed by atoms with E-state index >= 15 is 0 Å². The third-order valence-electron chi connectivity index (χ3n) is 4.11. The monoisotopic (exact) mass is 312 g/mol. The van der Waals surface area contributed by atoms with Crippen LogP contribution < -0.4 is 10.5 Å².